The van der Waals surface area contributed by atoms with Gasteiger partial charge in [-0.25, -0.2) is 4.79 Å². The number of carboxylic acid groups (broad SMARTS) is 1. The van der Waals surface area contributed by atoms with Crippen LogP contribution in [-0.2, 0) is 43.3 Å². The van der Waals surface area contributed by atoms with E-state index < -0.39 is 36.0 Å². The van der Waals surface area contributed by atoms with Gasteiger partial charge in [-0.3, -0.25) is 30.2 Å². The third-order valence-electron chi connectivity index (χ3n) is 7.06. The average molecular weight is 590 g/mol. The summed E-state index contributed by atoms with van der Waals surface area (Å²) in [6, 6.07) is 10.2. The Bertz CT molecular complexity index is 1190. The molecule has 13 nitrogen and oxygen atoms in total. The van der Waals surface area contributed by atoms with E-state index in [-0.39, 0.29) is 31.6 Å². The van der Waals surface area contributed by atoms with Crippen LogP contribution in [0.15, 0.2) is 42.5 Å². The SMILES string of the molecule is COc1cc2c(cc1OC)CN(C(=O)C(C)NC(CCc1ccccc1)C(=O)OCCCCON(O)O)C(C(=O)O)C2. The van der Waals surface area contributed by atoms with Crippen molar-refractivity contribution in [2.75, 3.05) is 27.4 Å². The Kier molecular flexibility index (Phi) is 12.5. The third kappa shape index (κ3) is 9.13. The van der Waals surface area contributed by atoms with Crippen LogP contribution in [-0.4, -0.2) is 89.2 Å². The molecule has 42 heavy (non-hydrogen) atoms. The Hall–Kier alpha value is -3.75. The molecule has 1 aliphatic heterocycles. The van der Waals surface area contributed by atoms with Crippen molar-refractivity contribution in [1.82, 2.24) is 15.6 Å². The predicted molar refractivity (Wildman–Crippen MR) is 148 cm³/mol. The van der Waals surface area contributed by atoms with Crippen LogP contribution in [0.4, 0.5) is 0 Å². The van der Waals surface area contributed by atoms with Crippen molar-refractivity contribution in [2.45, 2.75) is 63.7 Å². The molecule has 0 fully saturated rings. The number of aliphatic carboxylic acids is 1. The Morgan fingerprint density at radius 3 is 2.29 bits per heavy atom. The highest BCUT2D eigenvalue weighted by atomic mass is 17.1. The second-order valence-electron chi connectivity index (χ2n) is 9.93. The smallest absolute Gasteiger partial charge is 0.326 e. The second kappa shape index (κ2) is 16.0. The topological polar surface area (TPSA) is 167 Å². The number of carboxylic acids is 1. The molecule has 0 bridgehead atoms. The van der Waals surface area contributed by atoms with Crippen molar-refractivity contribution in [1.29, 1.82) is 0 Å². The van der Waals surface area contributed by atoms with E-state index in [0.29, 0.717) is 37.2 Å². The lowest BCUT2D eigenvalue weighted by atomic mass is 9.92. The van der Waals surface area contributed by atoms with E-state index in [9.17, 15) is 19.5 Å². The number of hydrogen-bond acceptors (Lipinski definition) is 11. The van der Waals surface area contributed by atoms with Gasteiger partial charge < -0.3 is 24.2 Å². The number of carbonyl (C=O) groups excluding carboxylic acids is 2. The molecule has 13 heteroatoms. The van der Waals surface area contributed by atoms with Crippen LogP contribution in [0.25, 0.3) is 0 Å². The molecule has 2 aromatic carbocycles. The number of hydrogen-bond donors (Lipinski definition) is 4. The minimum atomic E-state index is -1.13. The average Bonchev–Trinajstić information content (AvgIpc) is 2.99. The van der Waals surface area contributed by atoms with Gasteiger partial charge in [0.05, 0.1) is 38.9 Å². The zero-order chi connectivity index (χ0) is 30.6. The highest BCUT2D eigenvalue weighted by Crippen LogP contribution is 2.35. The lowest BCUT2D eigenvalue weighted by molar-refractivity contribution is -0.492. The molecule has 0 aliphatic carbocycles. The number of esters is 1. The molecule has 0 saturated carbocycles. The minimum absolute atomic E-state index is 0.0220. The zero-order valence-electron chi connectivity index (χ0n) is 24.0. The number of carbonyl (C=O) groups is 3. The van der Waals surface area contributed by atoms with Gasteiger partial charge in [0, 0.05) is 13.0 Å². The van der Waals surface area contributed by atoms with Crippen molar-refractivity contribution in [3.05, 3.63) is 59.2 Å². The summed E-state index contributed by atoms with van der Waals surface area (Å²) < 4.78 is 16.2. The monoisotopic (exact) mass is 589 g/mol. The van der Waals surface area contributed by atoms with Crippen molar-refractivity contribution < 1.29 is 49.0 Å². The van der Waals surface area contributed by atoms with E-state index in [4.69, 9.17) is 24.6 Å². The lowest BCUT2D eigenvalue weighted by Gasteiger charge is -2.37. The predicted octanol–water partition coefficient (Wildman–Crippen LogP) is 2.36. The quantitative estimate of drug-likeness (QED) is 0.128. The number of ether oxygens (including phenoxy) is 3. The van der Waals surface area contributed by atoms with Gasteiger partial charge in [-0.05, 0) is 61.4 Å². The molecule has 3 unspecified atom stereocenters. The second-order valence-corrected chi connectivity index (χ2v) is 9.93. The lowest BCUT2D eigenvalue weighted by Crippen LogP contribution is -2.56. The van der Waals surface area contributed by atoms with Crippen LogP contribution in [0.1, 0.15) is 42.9 Å². The van der Waals surface area contributed by atoms with Crippen LogP contribution in [0.2, 0.25) is 0 Å². The molecule has 0 aromatic heterocycles. The fourth-order valence-electron chi connectivity index (χ4n) is 4.84. The summed E-state index contributed by atoms with van der Waals surface area (Å²) in [6.07, 6.45) is 1.81. The highest BCUT2D eigenvalue weighted by Gasteiger charge is 2.38. The van der Waals surface area contributed by atoms with Gasteiger partial charge in [-0.1, -0.05) is 30.3 Å². The molecule has 1 aliphatic rings. The summed E-state index contributed by atoms with van der Waals surface area (Å²) in [7, 11) is 3.00. The first-order valence-corrected chi connectivity index (χ1v) is 13.7. The first kappa shape index (κ1) is 32.8. The molecule has 3 rings (SSSR count). The Morgan fingerprint density at radius 2 is 1.67 bits per heavy atom. The fraction of sp³-hybridized carbons (Fsp3) is 0.483. The van der Waals surface area contributed by atoms with E-state index in [2.05, 4.69) is 10.2 Å². The maximum Gasteiger partial charge on any atom is 0.326 e. The van der Waals surface area contributed by atoms with E-state index in [1.165, 1.54) is 19.1 Å². The molecular formula is C29H39N3O10. The first-order valence-electron chi connectivity index (χ1n) is 13.7. The van der Waals surface area contributed by atoms with Crippen molar-refractivity contribution in [2.24, 2.45) is 0 Å². The summed E-state index contributed by atoms with van der Waals surface area (Å²) in [6.45, 7) is 1.74. The number of benzene rings is 2. The van der Waals surface area contributed by atoms with Gasteiger partial charge in [0.25, 0.3) is 0 Å². The molecule has 230 valence electrons. The summed E-state index contributed by atoms with van der Waals surface area (Å²) >= 11 is 0. The minimum Gasteiger partial charge on any atom is -0.493 e. The van der Waals surface area contributed by atoms with Crippen LogP contribution in [0.3, 0.4) is 0 Å². The number of nitrogens with one attached hydrogen (secondary N) is 1. The van der Waals surface area contributed by atoms with Crippen molar-refractivity contribution >= 4 is 17.8 Å². The van der Waals surface area contributed by atoms with Gasteiger partial charge in [0.1, 0.15) is 12.1 Å². The Balaban J connectivity index is 1.71. The normalized spacial score (nSPS) is 16.0. The van der Waals surface area contributed by atoms with Crippen LogP contribution < -0.4 is 14.8 Å². The van der Waals surface area contributed by atoms with Gasteiger partial charge >= 0.3 is 11.9 Å². The number of aryl methyl sites for hydroxylation is 1. The summed E-state index contributed by atoms with van der Waals surface area (Å²) in [4.78, 5) is 44.7. The molecule has 0 saturated heterocycles. The van der Waals surface area contributed by atoms with Gasteiger partial charge in [-0.2, -0.15) is 0 Å². The summed E-state index contributed by atoms with van der Waals surface area (Å²) in [5.41, 5.74) is 2.51. The van der Waals surface area contributed by atoms with E-state index in [0.717, 1.165) is 16.7 Å². The number of methoxy groups -OCH3 is 2. The molecule has 1 amide bonds. The maximum atomic E-state index is 13.7. The Morgan fingerprint density at radius 1 is 1.02 bits per heavy atom. The van der Waals surface area contributed by atoms with Gasteiger partial charge in [0.15, 0.2) is 11.5 Å². The molecule has 0 spiro atoms. The van der Waals surface area contributed by atoms with Crippen LogP contribution in [0, 0.1) is 0 Å². The molecule has 3 atom stereocenters. The van der Waals surface area contributed by atoms with E-state index in [1.807, 2.05) is 30.3 Å². The number of rotatable bonds is 16. The van der Waals surface area contributed by atoms with Crippen LogP contribution >= 0.6 is 0 Å². The number of unbranched alkanes of at least 4 members (excludes halogenated alkanes) is 1. The molecule has 0 radical (unpaired) electrons. The van der Waals surface area contributed by atoms with Crippen LogP contribution in [0.5, 0.6) is 11.5 Å². The highest BCUT2D eigenvalue weighted by molar-refractivity contribution is 5.88. The first-order chi connectivity index (χ1) is 20.1. The number of nitrogens with zero attached hydrogens (tertiary/aromatic N) is 2. The standard InChI is InChI=1S/C29H39N3O10/c1-19(27(33)31-18-22-17-26(40-3)25(39-2)16-21(22)15-24(31)28(34)35)30-23(12-11-20-9-5-4-6-10-20)29(36)41-13-7-8-14-42-32(37)38/h4-6,9-10,16-17,19,23-24,30,37-38H,7-8,11-15,18H2,1-3H3,(H,34,35). The Labute approximate surface area is 244 Å². The van der Waals surface area contributed by atoms with Gasteiger partial charge in [-0.15, -0.1) is 0 Å². The zero-order valence-corrected chi connectivity index (χ0v) is 24.0. The van der Waals surface area contributed by atoms with Crippen molar-refractivity contribution in [3.63, 3.8) is 0 Å². The molecule has 1 heterocycles. The molecule has 2 aromatic rings. The maximum absolute atomic E-state index is 13.7. The van der Waals surface area contributed by atoms with E-state index >= 15 is 0 Å². The molecular weight excluding hydrogens is 550 g/mol. The fourth-order valence-corrected chi connectivity index (χ4v) is 4.84. The third-order valence-corrected chi connectivity index (χ3v) is 7.06. The van der Waals surface area contributed by atoms with Gasteiger partial charge in [0.2, 0.25) is 5.91 Å². The van der Waals surface area contributed by atoms with E-state index in [1.54, 1.807) is 19.1 Å². The molecule has 4 N–H and O–H groups in total. The summed E-state index contributed by atoms with van der Waals surface area (Å²) in [5.74, 6) is -1.19. The number of amides is 1. The number of fused-ring (bicyclic) bond motifs is 1. The van der Waals surface area contributed by atoms with Crippen molar-refractivity contribution in [3.8, 4) is 11.5 Å². The summed E-state index contributed by atoms with van der Waals surface area (Å²) in [5, 5.41) is 29.8. The largest absolute Gasteiger partial charge is 0.493 e.